The van der Waals surface area contributed by atoms with Crippen molar-refractivity contribution in [1.82, 2.24) is 0 Å². The summed E-state index contributed by atoms with van der Waals surface area (Å²) in [7, 11) is 0. The van der Waals surface area contributed by atoms with E-state index < -0.39 is 6.09 Å². The van der Waals surface area contributed by atoms with Crippen molar-refractivity contribution >= 4 is 34.4 Å². The molecule has 2 atom stereocenters. The standard InChI is InChI=1S/C16H14INO2/c17-13-8-4-5-9-14(13)18(16(19)20)15-10-12(15)11-6-2-1-3-7-11/h1-9,12,15H,10H2,(H,19,20)/t12-,15?/m1/s1. The summed E-state index contributed by atoms with van der Waals surface area (Å²) in [4.78, 5) is 13.1. The van der Waals surface area contributed by atoms with E-state index in [0.29, 0.717) is 5.92 Å². The van der Waals surface area contributed by atoms with Crippen molar-refractivity contribution in [2.45, 2.75) is 18.4 Å². The number of carbonyl (C=O) groups is 1. The van der Waals surface area contributed by atoms with Gasteiger partial charge in [-0.25, -0.2) is 4.79 Å². The van der Waals surface area contributed by atoms with E-state index in [9.17, 15) is 9.90 Å². The fourth-order valence-electron chi connectivity index (χ4n) is 2.60. The predicted molar refractivity (Wildman–Crippen MR) is 87.3 cm³/mol. The molecule has 0 radical (unpaired) electrons. The van der Waals surface area contributed by atoms with E-state index in [4.69, 9.17) is 0 Å². The Morgan fingerprint density at radius 3 is 2.40 bits per heavy atom. The SMILES string of the molecule is O=C(O)N(c1ccccc1I)C1C[C@@H]1c1ccccc1. The molecule has 20 heavy (non-hydrogen) atoms. The summed E-state index contributed by atoms with van der Waals surface area (Å²) in [6, 6.07) is 17.8. The van der Waals surface area contributed by atoms with Gasteiger partial charge in [-0.15, -0.1) is 0 Å². The number of para-hydroxylation sites is 1. The zero-order chi connectivity index (χ0) is 14.1. The fourth-order valence-corrected chi connectivity index (χ4v) is 3.24. The second kappa shape index (κ2) is 5.44. The minimum atomic E-state index is -0.877. The highest BCUT2D eigenvalue weighted by molar-refractivity contribution is 14.1. The van der Waals surface area contributed by atoms with Gasteiger partial charge in [-0.2, -0.15) is 0 Å². The molecule has 1 fully saturated rings. The molecule has 1 saturated carbocycles. The van der Waals surface area contributed by atoms with Crippen LogP contribution in [0, 0.1) is 3.57 Å². The number of rotatable bonds is 3. The van der Waals surface area contributed by atoms with E-state index in [1.165, 1.54) is 10.5 Å². The van der Waals surface area contributed by atoms with E-state index in [1.807, 2.05) is 42.5 Å². The van der Waals surface area contributed by atoms with Crippen LogP contribution in [0.25, 0.3) is 0 Å². The molecule has 4 heteroatoms. The molecule has 0 spiro atoms. The first-order chi connectivity index (χ1) is 9.68. The maximum atomic E-state index is 11.6. The maximum Gasteiger partial charge on any atom is 0.412 e. The van der Waals surface area contributed by atoms with Crippen LogP contribution in [0.5, 0.6) is 0 Å². The Bertz CT molecular complexity index is 629. The highest BCUT2D eigenvalue weighted by Gasteiger charge is 2.46. The van der Waals surface area contributed by atoms with Crippen LogP contribution in [0.15, 0.2) is 54.6 Å². The summed E-state index contributed by atoms with van der Waals surface area (Å²) in [5.41, 5.74) is 2.00. The van der Waals surface area contributed by atoms with Crippen LogP contribution in [-0.2, 0) is 0 Å². The molecule has 1 amide bonds. The first kappa shape index (κ1) is 13.4. The van der Waals surface area contributed by atoms with Crippen LogP contribution in [0.3, 0.4) is 0 Å². The highest BCUT2D eigenvalue weighted by Crippen LogP contribution is 2.46. The topological polar surface area (TPSA) is 40.5 Å². The monoisotopic (exact) mass is 379 g/mol. The average molecular weight is 379 g/mol. The maximum absolute atomic E-state index is 11.6. The number of nitrogens with zero attached hydrogens (tertiary/aromatic N) is 1. The van der Waals surface area contributed by atoms with Crippen LogP contribution in [0.2, 0.25) is 0 Å². The van der Waals surface area contributed by atoms with Crippen molar-refractivity contribution in [2.75, 3.05) is 4.90 Å². The van der Waals surface area contributed by atoms with Crippen LogP contribution < -0.4 is 4.90 Å². The quantitative estimate of drug-likeness (QED) is 0.807. The largest absolute Gasteiger partial charge is 0.465 e. The van der Waals surface area contributed by atoms with Gasteiger partial charge in [0, 0.05) is 15.5 Å². The molecule has 1 aliphatic carbocycles. The van der Waals surface area contributed by atoms with Gasteiger partial charge in [0.15, 0.2) is 0 Å². The zero-order valence-corrected chi connectivity index (χ0v) is 12.9. The van der Waals surface area contributed by atoms with Gasteiger partial charge >= 0.3 is 6.09 Å². The molecule has 2 aromatic carbocycles. The molecule has 1 N–H and O–H groups in total. The average Bonchev–Trinajstić information content (AvgIpc) is 3.22. The molecule has 1 aliphatic rings. The summed E-state index contributed by atoms with van der Waals surface area (Å²) < 4.78 is 0.964. The summed E-state index contributed by atoms with van der Waals surface area (Å²) in [5.74, 6) is 0.309. The second-order valence-electron chi connectivity index (χ2n) is 4.92. The Morgan fingerprint density at radius 1 is 1.10 bits per heavy atom. The van der Waals surface area contributed by atoms with Gasteiger partial charge in [-0.3, -0.25) is 4.90 Å². The summed E-state index contributed by atoms with van der Waals surface area (Å²) in [5, 5.41) is 9.55. The number of benzene rings is 2. The van der Waals surface area contributed by atoms with Crippen molar-refractivity contribution in [2.24, 2.45) is 0 Å². The molecule has 0 aromatic heterocycles. The molecule has 2 aromatic rings. The molecule has 102 valence electrons. The molecular formula is C16H14INO2. The van der Waals surface area contributed by atoms with Crippen molar-refractivity contribution in [3.63, 3.8) is 0 Å². The lowest BCUT2D eigenvalue weighted by atomic mass is 10.1. The lowest BCUT2D eigenvalue weighted by molar-refractivity contribution is 0.201. The third-order valence-corrected chi connectivity index (χ3v) is 4.55. The van der Waals surface area contributed by atoms with Crippen LogP contribution in [0.1, 0.15) is 17.9 Å². The molecule has 0 saturated heterocycles. The molecule has 0 bridgehead atoms. The molecule has 0 heterocycles. The molecular weight excluding hydrogens is 365 g/mol. The van der Waals surface area contributed by atoms with E-state index in [2.05, 4.69) is 34.7 Å². The number of carboxylic acid groups (broad SMARTS) is 1. The second-order valence-corrected chi connectivity index (χ2v) is 6.09. The summed E-state index contributed by atoms with van der Waals surface area (Å²) in [6.07, 6.45) is 0.0129. The molecule has 3 nitrogen and oxygen atoms in total. The summed E-state index contributed by atoms with van der Waals surface area (Å²) in [6.45, 7) is 0. The fraction of sp³-hybridized carbons (Fsp3) is 0.188. The van der Waals surface area contributed by atoms with Gasteiger partial charge < -0.3 is 5.11 Å². The van der Waals surface area contributed by atoms with Gasteiger partial charge in [0.2, 0.25) is 0 Å². The third kappa shape index (κ3) is 2.52. The van der Waals surface area contributed by atoms with E-state index in [1.54, 1.807) is 0 Å². The minimum Gasteiger partial charge on any atom is -0.465 e. The van der Waals surface area contributed by atoms with Crippen molar-refractivity contribution in [1.29, 1.82) is 0 Å². The first-order valence-electron chi connectivity index (χ1n) is 6.50. The van der Waals surface area contributed by atoms with Crippen molar-refractivity contribution < 1.29 is 9.90 Å². The molecule has 1 unspecified atom stereocenters. The normalized spacial score (nSPS) is 20.4. The number of amides is 1. The zero-order valence-electron chi connectivity index (χ0n) is 10.7. The van der Waals surface area contributed by atoms with E-state index >= 15 is 0 Å². The number of halogens is 1. The van der Waals surface area contributed by atoms with E-state index in [-0.39, 0.29) is 6.04 Å². The lowest BCUT2D eigenvalue weighted by Gasteiger charge is -2.21. The van der Waals surface area contributed by atoms with Gasteiger partial charge in [0.1, 0.15) is 0 Å². The number of hydrogen-bond acceptors (Lipinski definition) is 1. The van der Waals surface area contributed by atoms with Crippen LogP contribution in [-0.4, -0.2) is 17.2 Å². The van der Waals surface area contributed by atoms with Gasteiger partial charge in [0.25, 0.3) is 0 Å². The van der Waals surface area contributed by atoms with Crippen molar-refractivity contribution in [3.05, 3.63) is 63.7 Å². The third-order valence-electron chi connectivity index (χ3n) is 3.63. The Balaban J connectivity index is 1.88. The minimum absolute atomic E-state index is 0.0471. The predicted octanol–water partition coefficient (Wildman–Crippen LogP) is 4.33. The van der Waals surface area contributed by atoms with Gasteiger partial charge in [-0.05, 0) is 46.7 Å². The van der Waals surface area contributed by atoms with Crippen LogP contribution >= 0.6 is 22.6 Å². The van der Waals surface area contributed by atoms with Crippen molar-refractivity contribution in [3.8, 4) is 0 Å². The molecule has 0 aliphatic heterocycles. The van der Waals surface area contributed by atoms with Crippen LogP contribution in [0.4, 0.5) is 10.5 Å². The van der Waals surface area contributed by atoms with E-state index in [0.717, 1.165) is 15.7 Å². The Morgan fingerprint density at radius 2 is 1.75 bits per heavy atom. The number of hydrogen-bond donors (Lipinski definition) is 1. The van der Waals surface area contributed by atoms with Gasteiger partial charge in [-0.1, -0.05) is 42.5 Å². The Hall–Kier alpha value is -1.56. The highest BCUT2D eigenvalue weighted by atomic mass is 127. The Labute approximate surface area is 131 Å². The number of anilines is 1. The summed E-state index contributed by atoms with van der Waals surface area (Å²) >= 11 is 2.19. The molecule has 3 rings (SSSR count). The van der Waals surface area contributed by atoms with Gasteiger partial charge in [0.05, 0.1) is 5.69 Å². The smallest absolute Gasteiger partial charge is 0.412 e. The first-order valence-corrected chi connectivity index (χ1v) is 7.58. The Kier molecular flexibility index (Phi) is 3.65. The lowest BCUT2D eigenvalue weighted by Crippen LogP contribution is -2.33.